The third-order valence-corrected chi connectivity index (χ3v) is 2.53. The van der Waals surface area contributed by atoms with Crippen LogP contribution in [0.4, 0.5) is 0 Å². The number of hydrogen-bond donors (Lipinski definition) is 1. The van der Waals surface area contributed by atoms with Crippen molar-refractivity contribution in [2.45, 2.75) is 20.8 Å². The topological polar surface area (TPSA) is 54.4 Å². The summed E-state index contributed by atoms with van der Waals surface area (Å²) >= 11 is 0. The molecule has 0 heterocycles. The highest BCUT2D eigenvalue weighted by molar-refractivity contribution is 5.91. The van der Waals surface area contributed by atoms with Gasteiger partial charge in [-0.15, -0.1) is 12.4 Å². The van der Waals surface area contributed by atoms with Gasteiger partial charge in [-0.3, -0.25) is 9.59 Å². The molecule has 1 N–H and O–H groups in total. The third kappa shape index (κ3) is 1.46. The van der Waals surface area contributed by atoms with E-state index in [0.29, 0.717) is 0 Å². The zero-order valence-electron chi connectivity index (χ0n) is 7.33. The summed E-state index contributed by atoms with van der Waals surface area (Å²) in [6.07, 6.45) is 0. The number of rotatable bonds is 2. The summed E-state index contributed by atoms with van der Waals surface area (Å²) in [4.78, 5) is 21.4. The van der Waals surface area contributed by atoms with Crippen molar-refractivity contribution in [2.24, 2.45) is 17.3 Å². The van der Waals surface area contributed by atoms with Crippen LogP contribution in [-0.2, 0) is 9.59 Å². The fourth-order valence-corrected chi connectivity index (χ4v) is 1.86. The van der Waals surface area contributed by atoms with E-state index in [1.807, 2.05) is 13.8 Å². The van der Waals surface area contributed by atoms with Crippen LogP contribution in [0.3, 0.4) is 0 Å². The molecule has 0 aromatic rings. The Hall–Kier alpha value is -0.570. The SMILES string of the molecule is CC(=O)[C@H]1[C@H](C(=O)O)C1(C)C.Cl. The van der Waals surface area contributed by atoms with Crippen molar-refractivity contribution in [1.29, 1.82) is 0 Å². The maximum Gasteiger partial charge on any atom is 0.307 e. The van der Waals surface area contributed by atoms with Crippen LogP contribution >= 0.6 is 12.4 Å². The Balaban J connectivity index is 0.00000121. The largest absolute Gasteiger partial charge is 0.481 e. The first-order valence-corrected chi connectivity index (χ1v) is 3.62. The van der Waals surface area contributed by atoms with Gasteiger partial charge in [-0.25, -0.2) is 0 Å². The Morgan fingerprint density at radius 2 is 1.67 bits per heavy atom. The predicted molar refractivity (Wildman–Crippen MR) is 46.3 cm³/mol. The predicted octanol–water partition coefficient (Wildman–Crippen LogP) is 1.35. The first kappa shape index (κ1) is 11.4. The van der Waals surface area contributed by atoms with Crippen molar-refractivity contribution < 1.29 is 14.7 Å². The van der Waals surface area contributed by atoms with E-state index in [4.69, 9.17) is 5.11 Å². The molecule has 1 aliphatic rings. The van der Waals surface area contributed by atoms with Crippen LogP contribution in [0.1, 0.15) is 20.8 Å². The number of Topliss-reactive ketones (excluding diaryl/α,β-unsaturated/α-hetero) is 1. The van der Waals surface area contributed by atoms with Crippen LogP contribution < -0.4 is 0 Å². The minimum Gasteiger partial charge on any atom is -0.481 e. The van der Waals surface area contributed by atoms with Gasteiger partial charge in [-0.2, -0.15) is 0 Å². The molecule has 0 unspecified atom stereocenters. The molecule has 70 valence electrons. The van der Waals surface area contributed by atoms with E-state index in [0.717, 1.165) is 0 Å². The Morgan fingerprint density at radius 3 is 1.75 bits per heavy atom. The molecule has 0 aromatic heterocycles. The second-order valence-corrected chi connectivity index (χ2v) is 3.73. The van der Waals surface area contributed by atoms with Crippen LogP contribution in [0, 0.1) is 17.3 Å². The van der Waals surface area contributed by atoms with Crippen molar-refractivity contribution in [1.82, 2.24) is 0 Å². The Morgan fingerprint density at radius 1 is 1.25 bits per heavy atom. The average Bonchev–Trinajstić information content (AvgIpc) is 2.33. The molecule has 4 heteroatoms. The second-order valence-electron chi connectivity index (χ2n) is 3.73. The van der Waals surface area contributed by atoms with E-state index in [1.54, 1.807) is 0 Å². The van der Waals surface area contributed by atoms with Gasteiger partial charge >= 0.3 is 5.97 Å². The second kappa shape index (κ2) is 3.05. The number of carbonyl (C=O) groups excluding carboxylic acids is 1. The maximum absolute atomic E-state index is 10.9. The summed E-state index contributed by atoms with van der Waals surface area (Å²) in [5.74, 6) is -1.59. The van der Waals surface area contributed by atoms with Gasteiger partial charge in [0.05, 0.1) is 5.92 Å². The number of halogens is 1. The number of hydrogen-bond acceptors (Lipinski definition) is 2. The molecule has 0 saturated heterocycles. The smallest absolute Gasteiger partial charge is 0.307 e. The van der Waals surface area contributed by atoms with Gasteiger partial charge in [0.15, 0.2) is 0 Å². The molecule has 12 heavy (non-hydrogen) atoms. The first-order chi connectivity index (χ1) is 4.89. The quantitative estimate of drug-likeness (QED) is 0.719. The fraction of sp³-hybridized carbons (Fsp3) is 0.750. The van der Waals surface area contributed by atoms with Crippen LogP contribution in [0.15, 0.2) is 0 Å². The summed E-state index contributed by atoms with van der Waals surface area (Å²) in [6, 6.07) is 0. The van der Waals surface area contributed by atoms with Gasteiger partial charge in [0, 0.05) is 5.92 Å². The zero-order valence-corrected chi connectivity index (χ0v) is 8.14. The highest BCUT2D eigenvalue weighted by Gasteiger charge is 2.64. The molecule has 0 aromatic carbocycles. The summed E-state index contributed by atoms with van der Waals surface area (Å²) in [6.45, 7) is 5.09. The molecule has 0 spiro atoms. The van der Waals surface area contributed by atoms with Crippen LogP contribution in [-0.4, -0.2) is 16.9 Å². The van der Waals surface area contributed by atoms with Crippen molar-refractivity contribution in [3.8, 4) is 0 Å². The molecular formula is C8H13ClO3. The van der Waals surface area contributed by atoms with E-state index in [-0.39, 0.29) is 29.5 Å². The summed E-state index contributed by atoms with van der Waals surface area (Å²) in [5.41, 5.74) is -0.322. The van der Waals surface area contributed by atoms with Gasteiger partial charge in [-0.1, -0.05) is 13.8 Å². The minimum atomic E-state index is -0.852. The molecule has 1 fully saturated rings. The molecule has 0 bridgehead atoms. The van der Waals surface area contributed by atoms with Gasteiger partial charge < -0.3 is 5.11 Å². The Bertz CT molecular complexity index is 200. The lowest BCUT2D eigenvalue weighted by Crippen LogP contribution is -2.04. The number of carboxylic acid groups (broad SMARTS) is 1. The van der Waals surface area contributed by atoms with E-state index < -0.39 is 11.9 Å². The monoisotopic (exact) mass is 192 g/mol. The van der Waals surface area contributed by atoms with Crippen molar-refractivity contribution in [3.05, 3.63) is 0 Å². The molecular weight excluding hydrogens is 180 g/mol. The van der Waals surface area contributed by atoms with Gasteiger partial charge in [0.2, 0.25) is 0 Å². The van der Waals surface area contributed by atoms with Gasteiger partial charge in [0.25, 0.3) is 0 Å². The maximum atomic E-state index is 10.9. The van der Waals surface area contributed by atoms with Gasteiger partial charge in [0.1, 0.15) is 5.78 Å². The Labute approximate surface area is 77.6 Å². The number of ketones is 1. The molecule has 0 aliphatic heterocycles. The normalized spacial score (nSPS) is 30.2. The number of carboxylic acids is 1. The minimum absolute atomic E-state index is 0. The third-order valence-electron chi connectivity index (χ3n) is 2.53. The molecule has 1 aliphatic carbocycles. The van der Waals surface area contributed by atoms with E-state index in [9.17, 15) is 9.59 Å². The van der Waals surface area contributed by atoms with Crippen LogP contribution in [0.25, 0.3) is 0 Å². The lowest BCUT2D eigenvalue weighted by Gasteiger charge is -1.96. The van der Waals surface area contributed by atoms with Crippen molar-refractivity contribution in [3.63, 3.8) is 0 Å². The molecule has 0 radical (unpaired) electrons. The fourth-order valence-electron chi connectivity index (χ4n) is 1.86. The van der Waals surface area contributed by atoms with Gasteiger partial charge in [-0.05, 0) is 12.3 Å². The lowest BCUT2D eigenvalue weighted by molar-refractivity contribution is -0.140. The first-order valence-electron chi connectivity index (χ1n) is 3.62. The summed E-state index contributed by atoms with van der Waals surface area (Å²) in [5, 5.41) is 8.66. The number of aliphatic carboxylic acids is 1. The number of carbonyl (C=O) groups is 2. The highest BCUT2D eigenvalue weighted by Crippen LogP contribution is 2.58. The molecule has 1 rings (SSSR count). The standard InChI is InChI=1S/C8H12O3.ClH/c1-4(9)5-6(7(10)11)8(5,2)3;/h5-6H,1-3H3,(H,10,11);1H/t5-,6+;/m0./s1. The molecule has 2 atom stereocenters. The Kier molecular flexibility index (Phi) is 2.91. The zero-order chi connectivity index (χ0) is 8.81. The lowest BCUT2D eigenvalue weighted by atomic mass is 10.1. The average molecular weight is 193 g/mol. The molecule has 0 amide bonds. The van der Waals surface area contributed by atoms with Crippen molar-refractivity contribution in [2.75, 3.05) is 0 Å². The van der Waals surface area contributed by atoms with E-state index in [1.165, 1.54) is 6.92 Å². The molecule has 1 saturated carbocycles. The van der Waals surface area contributed by atoms with Crippen LogP contribution in [0.2, 0.25) is 0 Å². The van der Waals surface area contributed by atoms with Crippen molar-refractivity contribution >= 4 is 24.2 Å². The summed E-state index contributed by atoms with van der Waals surface area (Å²) in [7, 11) is 0. The van der Waals surface area contributed by atoms with Crippen LogP contribution in [0.5, 0.6) is 0 Å². The summed E-state index contributed by atoms with van der Waals surface area (Å²) < 4.78 is 0. The van der Waals surface area contributed by atoms with E-state index >= 15 is 0 Å². The van der Waals surface area contributed by atoms with E-state index in [2.05, 4.69) is 0 Å². The molecule has 3 nitrogen and oxygen atoms in total. The highest BCUT2D eigenvalue weighted by atomic mass is 35.5.